The van der Waals surface area contributed by atoms with Crippen molar-refractivity contribution in [2.45, 2.75) is 38.5 Å². The summed E-state index contributed by atoms with van der Waals surface area (Å²) in [6.45, 7) is 8.91. The number of nitrogens with one attached hydrogen (secondary N) is 1. The van der Waals surface area contributed by atoms with Gasteiger partial charge >= 0.3 is 6.03 Å². The summed E-state index contributed by atoms with van der Waals surface area (Å²) in [7, 11) is 1.69. The third-order valence-corrected chi connectivity index (χ3v) is 3.43. The van der Waals surface area contributed by atoms with Crippen molar-refractivity contribution in [2.75, 3.05) is 26.0 Å². The number of urea groups is 1. The molecule has 4 nitrogen and oxygen atoms in total. The van der Waals surface area contributed by atoms with Crippen LogP contribution < -0.4 is 5.32 Å². The molecule has 0 aromatic heterocycles. The first kappa shape index (κ1) is 15.6. The van der Waals surface area contributed by atoms with Crippen LogP contribution in [0.1, 0.15) is 27.7 Å². The monoisotopic (exact) mass is 248 g/mol. The maximum atomic E-state index is 11.6. The minimum atomic E-state index is -0.143. The van der Waals surface area contributed by atoms with E-state index in [1.165, 1.54) is 4.90 Å². The van der Waals surface area contributed by atoms with E-state index in [4.69, 9.17) is 5.11 Å². The van der Waals surface area contributed by atoms with Crippen molar-refractivity contribution in [3.05, 3.63) is 0 Å². The molecule has 0 heterocycles. The van der Waals surface area contributed by atoms with E-state index in [1.807, 2.05) is 18.7 Å². The Morgan fingerprint density at radius 2 is 2.06 bits per heavy atom. The van der Waals surface area contributed by atoms with Crippen LogP contribution in [-0.4, -0.2) is 52.8 Å². The molecule has 0 saturated heterocycles. The number of hydrogen-bond acceptors (Lipinski definition) is 3. The number of aliphatic hydroxyl groups excluding tert-OH is 1. The van der Waals surface area contributed by atoms with Gasteiger partial charge in [0.05, 0.1) is 12.6 Å². The minimum absolute atomic E-state index is 0.0132. The molecule has 0 aromatic carbocycles. The van der Waals surface area contributed by atoms with Crippen molar-refractivity contribution in [1.29, 1.82) is 0 Å². The van der Waals surface area contributed by atoms with E-state index in [-0.39, 0.29) is 23.4 Å². The lowest BCUT2D eigenvalue weighted by Crippen LogP contribution is -2.44. The number of thioether (sulfide) groups is 1. The van der Waals surface area contributed by atoms with Gasteiger partial charge in [-0.3, -0.25) is 0 Å². The van der Waals surface area contributed by atoms with Crippen LogP contribution in [-0.2, 0) is 0 Å². The molecule has 0 radical (unpaired) electrons. The Hall–Kier alpha value is -0.420. The molecule has 2 amide bonds. The summed E-state index contributed by atoms with van der Waals surface area (Å²) >= 11 is 1.82. The number of amides is 2. The topological polar surface area (TPSA) is 52.6 Å². The summed E-state index contributed by atoms with van der Waals surface area (Å²) in [5.41, 5.74) is 0. The zero-order chi connectivity index (χ0) is 12.8. The van der Waals surface area contributed by atoms with Gasteiger partial charge in [0.25, 0.3) is 0 Å². The van der Waals surface area contributed by atoms with E-state index in [1.54, 1.807) is 7.05 Å². The fourth-order valence-electron chi connectivity index (χ4n) is 0.963. The summed E-state index contributed by atoms with van der Waals surface area (Å²) in [4.78, 5) is 13.1. The van der Waals surface area contributed by atoms with Crippen LogP contribution in [0, 0.1) is 0 Å². The fourth-order valence-corrected chi connectivity index (χ4v) is 1.78. The van der Waals surface area contributed by atoms with Gasteiger partial charge in [0.2, 0.25) is 0 Å². The Kier molecular flexibility index (Phi) is 6.83. The van der Waals surface area contributed by atoms with Crippen molar-refractivity contribution >= 4 is 17.8 Å². The molecule has 1 atom stereocenters. The van der Waals surface area contributed by atoms with E-state index in [9.17, 15) is 4.79 Å². The highest BCUT2D eigenvalue weighted by Gasteiger charge is 2.14. The van der Waals surface area contributed by atoms with Gasteiger partial charge in [-0.05, 0) is 6.92 Å². The molecular formula is C11H24N2O2S. The Labute approximate surface area is 103 Å². The van der Waals surface area contributed by atoms with Gasteiger partial charge in [-0.1, -0.05) is 20.8 Å². The number of nitrogens with zero attached hydrogens (tertiary/aromatic N) is 1. The summed E-state index contributed by atoms with van der Waals surface area (Å²) in [5, 5.41) is 11.7. The zero-order valence-electron chi connectivity index (χ0n) is 10.9. The molecule has 0 fully saturated rings. The van der Waals surface area contributed by atoms with Gasteiger partial charge in [-0.2, -0.15) is 11.8 Å². The molecule has 0 aromatic rings. The Bertz CT molecular complexity index is 217. The first-order valence-electron chi connectivity index (χ1n) is 5.53. The Morgan fingerprint density at radius 3 is 2.50 bits per heavy atom. The standard InChI is InChI=1S/C11H24N2O2S/c1-9(8-14)13(5)10(15)12-6-7-16-11(2,3)4/h9,14H,6-8H2,1-5H3,(H,12,15). The van der Waals surface area contributed by atoms with Crippen molar-refractivity contribution < 1.29 is 9.90 Å². The average molecular weight is 248 g/mol. The molecular weight excluding hydrogens is 224 g/mol. The lowest BCUT2D eigenvalue weighted by Gasteiger charge is -2.24. The summed E-state index contributed by atoms with van der Waals surface area (Å²) < 4.78 is 0.231. The van der Waals surface area contributed by atoms with Crippen LogP contribution in [0.25, 0.3) is 0 Å². The minimum Gasteiger partial charge on any atom is -0.394 e. The van der Waals surface area contributed by atoms with Crippen molar-refractivity contribution in [2.24, 2.45) is 0 Å². The normalized spacial score (nSPS) is 13.4. The second-order valence-corrected chi connectivity index (χ2v) is 6.76. The highest BCUT2D eigenvalue weighted by atomic mass is 32.2. The molecule has 0 saturated carbocycles. The maximum absolute atomic E-state index is 11.6. The highest BCUT2D eigenvalue weighted by molar-refractivity contribution is 8.00. The lowest BCUT2D eigenvalue weighted by atomic mass is 10.3. The van der Waals surface area contributed by atoms with E-state index in [0.717, 1.165) is 5.75 Å². The van der Waals surface area contributed by atoms with Gasteiger partial charge in [0.1, 0.15) is 0 Å². The van der Waals surface area contributed by atoms with E-state index >= 15 is 0 Å². The molecule has 0 aliphatic heterocycles. The number of carbonyl (C=O) groups excluding carboxylic acids is 1. The second kappa shape index (κ2) is 7.01. The molecule has 0 aliphatic carbocycles. The molecule has 0 rings (SSSR count). The van der Waals surface area contributed by atoms with Crippen LogP contribution >= 0.6 is 11.8 Å². The van der Waals surface area contributed by atoms with Crippen molar-refractivity contribution in [3.63, 3.8) is 0 Å². The van der Waals surface area contributed by atoms with E-state index in [2.05, 4.69) is 26.1 Å². The molecule has 2 N–H and O–H groups in total. The molecule has 0 spiro atoms. The van der Waals surface area contributed by atoms with Gasteiger partial charge in [-0.15, -0.1) is 0 Å². The fraction of sp³-hybridized carbons (Fsp3) is 0.909. The first-order valence-corrected chi connectivity index (χ1v) is 6.52. The van der Waals surface area contributed by atoms with E-state index in [0.29, 0.717) is 6.54 Å². The third kappa shape index (κ3) is 6.95. The Morgan fingerprint density at radius 1 is 1.50 bits per heavy atom. The SMILES string of the molecule is CC(CO)N(C)C(=O)NCCSC(C)(C)C. The number of carbonyl (C=O) groups is 1. The average Bonchev–Trinajstić information content (AvgIpc) is 2.20. The van der Waals surface area contributed by atoms with Crippen LogP contribution in [0.15, 0.2) is 0 Å². The number of hydrogen-bond donors (Lipinski definition) is 2. The Balaban J connectivity index is 3.74. The van der Waals surface area contributed by atoms with Gasteiger partial charge < -0.3 is 15.3 Å². The number of likely N-dealkylation sites (N-methyl/N-ethyl adjacent to an activating group) is 1. The van der Waals surface area contributed by atoms with Gasteiger partial charge in [-0.25, -0.2) is 4.79 Å². The summed E-state index contributed by atoms with van der Waals surface area (Å²) in [5.74, 6) is 0.899. The zero-order valence-corrected chi connectivity index (χ0v) is 11.7. The van der Waals surface area contributed by atoms with Crippen molar-refractivity contribution in [1.82, 2.24) is 10.2 Å². The van der Waals surface area contributed by atoms with E-state index < -0.39 is 0 Å². The van der Waals surface area contributed by atoms with Gasteiger partial charge in [0.15, 0.2) is 0 Å². The predicted molar refractivity (Wildman–Crippen MR) is 69.9 cm³/mol. The first-order chi connectivity index (χ1) is 7.28. The van der Waals surface area contributed by atoms with Crippen LogP contribution in [0.3, 0.4) is 0 Å². The molecule has 96 valence electrons. The van der Waals surface area contributed by atoms with Crippen LogP contribution in [0.2, 0.25) is 0 Å². The predicted octanol–water partition coefficient (Wildman–Crippen LogP) is 1.54. The third-order valence-electron chi connectivity index (χ3n) is 2.16. The van der Waals surface area contributed by atoms with Gasteiger partial charge in [0, 0.05) is 24.1 Å². The molecule has 0 aliphatic rings. The summed E-state index contributed by atoms with van der Waals surface area (Å²) in [6, 6.07) is -0.272. The largest absolute Gasteiger partial charge is 0.394 e. The second-order valence-electron chi connectivity index (χ2n) is 4.84. The quantitative estimate of drug-likeness (QED) is 0.726. The number of rotatable bonds is 5. The van der Waals surface area contributed by atoms with Crippen molar-refractivity contribution in [3.8, 4) is 0 Å². The summed E-state index contributed by atoms with van der Waals surface area (Å²) in [6.07, 6.45) is 0. The highest BCUT2D eigenvalue weighted by Crippen LogP contribution is 2.21. The molecule has 16 heavy (non-hydrogen) atoms. The lowest BCUT2D eigenvalue weighted by molar-refractivity contribution is 0.158. The molecule has 0 bridgehead atoms. The smallest absolute Gasteiger partial charge is 0.317 e. The molecule has 1 unspecified atom stereocenters. The maximum Gasteiger partial charge on any atom is 0.317 e. The number of aliphatic hydroxyl groups is 1. The van der Waals surface area contributed by atoms with Crippen LogP contribution in [0.5, 0.6) is 0 Å². The molecule has 5 heteroatoms. The van der Waals surface area contributed by atoms with Crippen LogP contribution in [0.4, 0.5) is 4.79 Å².